The highest BCUT2D eigenvalue weighted by atomic mass is 16.5. The van der Waals surface area contributed by atoms with Crippen LogP contribution >= 0.6 is 0 Å². The number of ether oxygens (including phenoxy) is 1. The molecule has 0 unspecified atom stereocenters. The number of benzene rings is 1. The minimum atomic E-state index is -0.639. The molecule has 1 amide bonds. The number of carbonyl (C=O) groups excluding carboxylic acids is 1. The van der Waals surface area contributed by atoms with Gasteiger partial charge in [0.2, 0.25) is 0 Å². The number of amides is 1. The molecule has 252 valence electrons. The van der Waals surface area contributed by atoms with Crippen LogP contribution in [0.15, 0.2) is 24.3 Å². The number of carbonyl (C=O) groups is 1. The molecule has 4 aliphatic rings. The van der Waals surface area contributed by atoms with Crippen LogP contribution in [0.25, 0.3) is 11.4 Å². The van der Waals surface area contributed by atoms with Gasteiger partial charge in [0.05, 0.1) is 13.2 Å². The molecule has 47 heavy (non-hydrogen) atoms. The number of nitrogens with one attached hydrogen (secondary N) is 3. The number of aromatic nitrogens is 4. The van der Waals surface area contributed by atoms with Crippen LogP contribution in [0.4, 0.5) is 23.0 Å². The summed E-state index contributed by atoms with van der Waals surface area (Å²) in [6, 6.07) is 9.29. The first-order valence-electron chi connectivity index (χ1n) is 17.5. The van der Waals surface area contributed by atoms with E-state index in [1.807, 2.05) is 13.0 Å². The number of H-pyrrole nitrogens is 1. The molecule has 1 aliphatic carbocycles. The van der Waals surface area contributed by atoms with Crippen LogP contribution in [0.1, 0.15) is 67.2 Å². The van der Waals surface area contributed by atoms with Gasteiger partial charge >= 0.3 is 0 Å². The van der Waals surface area contributed by atoms with Crippen molar-refractivity contribution >= 4 is 28.9 Å². The molecule has 7 rings (SSSR count). The van der Waals surface area contributed by atoms with E-state index in [1.165, 1.54) is 37.2 Å². The Morgan fingerprint density at radius 1 is 1.02 bits per heavy atom. The van der Waals surface area contributed by atoms with Gasteiger partial charge in [-0.05, 0) is 88.7 Å². The van der Waals surface area contributed by atoms with E-state index in [0.717, 1.165) is 82.9 Å². The number of piperazine rings is 1. The molecule has 3 saturated heterocycles. The molecule has 12 heteroatoms. The Morgan fingerprint density at radius 3 is 2.38 bits per heavy atom. The Kier molecular flexibility index (Phi) is 9.08. The van der Waals surface area contributed by atoms with E-state index >= 15 is 0 Å². The summed E-state index contributed by atoms with van der Waals surface area (Å²) in [5.41, 5.74) is 11.8. The fourth-order valence-electron chi connectivity index (χ4n) is 7.81. The maximum atomic E-state index is 12.8. The van der Waals surface area contributed by atoms with E-state index in [1.54, 1.807) is 0 Å². The summed E-state index contributed by atoms with van der Waals surface area (Å²) in [4.78, 5) is 30.2. The van der Waals surface area contributed by atoms with Gasteiger partial charge in [-0.15, -0.1) is 0 Å². The van der Waals surface area contributed by atoms with Crippen molar-refractivity contribution < 1.29 is 9.53 Å². The monoisotopic (exact) mass is 642 g/mol. The second kappa shape index (κ2) is 13.4. The minimum Gasteiger partial charge on any atom is -0.380 e. The lowest BCUT2D eigenvalue weighted by Crippen LogP contribution is -2.52. The van der Waals surface area contributed by atoms with Crippen LogP contribution in [-0.2, 0) is 11.2 Å². The van der Waals surface area contributed by atoms with Crippen LogP contribution in [-0.4, -0.2) is 107 Å². The van der Waals surface area contributed by atoms with Crippen molar-refractivity contribution in [2.45, 2.75) is 70.9 Å². The van der Waals surface area contributed by atoms with Crippen LogP contribution in [0.2, 0.25) is 0 Å². The predicted molar refractivity (Wildman–Crippen MR) is 185 cm³/mol. The molecular formula is C35H50N10O2. The summed E-state index contributed by atoms with van der Waals surface area (Å²) in [5.74, 6) is 0.309. The van der Waals surface area contributed by atoms with E-state index in [4.69, 9.17) is 20.4 Å². The smallest absolute Gasteiger partial charge is 0.271 e. The Morgan fingerprint density at radius 2 is 1.77 bits per heavy atom. The minimum absolute atomic E-state index is 0.0912. The van der Waals surface area contributed by atoms with E-state index < -0.39 is 5.91 Å². The third-order valence-electron chi connectivity index (χ3n) is 10.9. The molecule has 0 atom stereocenters. The van der Waals surface area contributed by atoms with Gasteiger partial charge in [-0.1, -0.05) is 6.92 Å². The zero-order valence-electron chi connectivity index (χ0n) is 28.1. The molecule has 5 heterocycles. The Labute approximate surface area is 277 Å². The first-order chi connectivity index (χ1) is 22.8. The number of aromatic amines is 1. The van der Waals surface area contributed by atoms with Crippen molar-refractivity contribution in [1.29, 1.82) is 0 Å². The van der Waals surface area contributed by atoms with Crippen LogP contribution in [0, 0.1) is 12.3 Å². The molecule has 2 aromatic heterocycles. The van der Waals surface area contributed by atoms with Gasteiger partial charge in [0, 0.05) is 73.8 Å². The maximum Gasteiger partial charge on any atom is 0.271 e. The first-order valence-corrected chi connectivity index (χ1v) is 17.5. The number of aryl methyl sites for hydroxylation is 2. The van der Waals surface area contributed by atoms with Gasteiger partial charge in [-0.2, -0.15) is 5.10 Å². The van der Waals surface area contributed by atoms with Crippen molar-refractivity contribution in [2.75, 3.05) is 75.1 Å². The third kappa shape index (κ3) is 6.81. The fourth-order valence-corrected chi connectivity index (χ4v) is 7.81. The summed E-state index contributed by atoms with van der Waals surface area (Å²) in [6.07, 6.45) is 7.58. The van der Waals surface area contributed by atoms with Crippen molar-refractivity contribution in [1.82, 2.24) is 30.0 Å². The second-order valence-electron chi connectivity index (χ2n) is 14.2. The average molecular weight is 643 g/mol. The van der Waals surface area contributed by atoms with Gasteiger partial charge in [0.25, 0.3) is 5.91 Å². The van der Waals surface area contributed by atoms with Crippen molar-refractivity contribution in [3.63, 3.8) is 0 Å². The van der Waals surface area contributed by atoms with Crippen molar-refractivity contribution in [2.24, 2.45) is 11.1 Å². The lowest BCUT2D eigenvalue weighted by molar-refractivity contribution is -0.131. The van der Waals surface area contributed by atoms with E-state index in [2.05, 4.69) is 67.7 Å². The molecule has 0 bridgehead atoms. The van der Waals surface area contributed by atoms with Crippen molar-refractivity contribution in [3.8, 4) is 11.4 Å². The second-order valence-corrected chi connectivity index (χ2v) is 14.2. The number of nitrogens with zero attached hydrogens (tertiary/aromatic N) is 6. The fraction of sp³-hybridized carbons (Fsp3) is 0.600. The van der Waals surface area contributed by atoms with Gasteiger partial charge in [0.15, 0.2) is 17.3 Å². The molecule has 5 N–H and O–H groups in total. The lowest BCUT2D eigenvalue weighted by atomic mass is 9.71. The molecule has 1 saturated carbocycles. The molecule has 3 aliphatic heterocycles. The first kappa shape index (κ1) is 31.8. The van der Waals surface area contributed by atoms with Gasteiger partial charge in [0.1, 0.15) is 11.4 Å². The highest BCUT2D eigenvalue weighted by Gasteiger charge is 2.41. The molecule has 3 aromatic rings. The topological polar surface area (TPSA) is 141 Å². The summed E-state index contributed by atoms with van der Waals surface area (Å²) >= 11 is 0. The number of anilines is 4. The summed E-state index contributed by atoms with van der Waals surface area (Å²) in [5, 5.41) is 14.5. The van der Waals surface area contributed by atoms with Gasteiger partial charge in [-0.25, -0.2) is 9.97 Å². The number of hydrogen-bond donors (Lipinski definition) is 4. The highest BCUT2D eigenvalue weighted by Crippen LogP contribution is 2.43. The number of primary amides is 1. The Bertz CT molecular complexity index is 1560. The molecule has 12 nitrogen and oxygen atoms in total. The maximum absolute atomic E-state index is 12.8. The predicted octanol–water partition coefficient (Wildman–Crippen LogP) is 4.17. The normalized spacial score (nSPS) is 21.1. The zero-order chi connectivity index (χ0) is 32.5. The van der Waals surface area contributed by atoms with Crippen LogP contribution in [0.5, 0.6) is 0 Å². The van der Waals surface area contributed by atoms with Crippen molar-refractivity contribution in [3.05, 3.63) is 41.2 Å². The van der Waals surface area contributed by atoms with E-state index in [-0.39, 0.29) is 11.7 Å². The number of nitrogens with two attached hydrogens (primary N) is 1. The molecule has 1 aromatic carbocycles. The number of hydrogen-bond acceptors (Lipinski definition) is 10. The van der Waals surface area contributed by atoms with E-state index in [9.17, 15) is 4.79 Å². The zero-order valence-corrected chi connectivity index (χ0v) is 28.1. The summed E-state index contributed by atoms with van der Waals surface area (Å²) in [6.45, 7) is 12.7. The molecule has 4 fully saturated rings. The molecular weight excluding hydrogens is 592 g/mol. The number of likely N-dealkylation sites (N-methyl/N-ethyl adjacent to an activating group) is 1. The number of rotatable bonds is 9. The standard InChI is InChI=1S/C35H50N10O2/c1-4-24-20-26(5-6-29(24)45-13-9-27(10-14-45)44-17-15-43(3)16-18-44)38-34-31(32(36)46)39-30(28-19-23(2)41-42-28)33(40-34)37-25-7-11-35(12-8-25)21-47-22-35/h5-6,19-20,25,27H,4,7-18,21-22H2,1-3H3,(H2,36,46)(H,41,42)(H2,37,38,40). The summed E-state index contributed by atoms with van der Waals surface area (Å²) in [7, 11) is 2.22. The largest absolute Gasteiger partial charge is 0.380 e. The molecule has 1 spiro atoms. The third-order valence-corrected chi connectivity index (χ3v) is 10.9. The number of piperidine rings is 1. The Balaban J connectivity index is 1.11. The lowest BCUT2D eigenvalue weighted by Gasteiger charge is -2.46. The highest BCUT2D eigenvalue weighted by molar-refractivity contribution is 5.97. The van der Waals surface area contributed by atoms with Gasteiger partial charge < -0.3 is 30.9 Å². The van der Waals surface area contributed by atoms with E-state index in [0.29, 0.717) is 34.5 Å². The van der Waals surface area contributed by atoms with Gasteiger partial charge in [-0.3, -0.25) is 14.8 Å². The van der Waals surface area contributed by atoms with Crippen LogP contribution in [0.3, 0.4) is 0 Å². The Hall–Kier alpha value is -3.74. The molecule has 0 radical (unpaired) electrons. The summed E-state index contributed by atoms with van der Waals surface area (Å²) < 4.78 is 5.53. The average Bonchev–Trinajstić information content (AvgIpc) is 3.50. The quantitative estimate of drug-likeness (QED) is 0.269. The van der Waals surface area contributed by atoms with Crippen LogP contribution < -0.4 is 21.3 Å². The SMILES string of the molecule is CCc1cc(Nc2nc(NC3CCC4(CC3)COC4)c(-c3cc(C)[nH]n3)nc2C(N)=O)ccc1N1CCC(N2CCN(C)CC2)CC1.